The summed E-state index contributed by atoms with van der Waals surface area (Å²) in [7, 11) is 0. The average molecular weight is 314 g/mol. The highest BCUT2D eigenvalue weighted by Gasteiger charge is 2.16. The minimum Gasteiger partial charge on any atom is -0.339 e. The molecule has 1 aliphatic rings. The Kier molecular flexibility index (Phi) is 5.23. The Morgan fingerprint density at radius 1 is 1.09 bits per heavy atom. The van der Waals surface area contributed by atoms with Crippen LogP contribution < -0.4 is 4.90 Å². The van der Waals surface area contributed by atoms with Gasteiger partial charge in [-0.3, -0.25) is 5.10 Å². The van der Waals surface area contributed by atoms with Gasteiger partial charge in [0.05, 0.1) is 5.69 Å². The molecule has 2 aromatic rings. The number of aromatic amines is 1. The molecule has 0 unspecified atom stereocenters. The van der Waals surface area contributed by atoms with Crippen molar-refractivity contribution in [3.8, 4) is 0 Å². The summed E-state index contributed by atoms with van der Waals surface area (Å²) in [5, 5.41) is 7.36. The van der Waals surface area contributed by atoms with Crippen molar-refractivity contribution < 1.29 is 0 Å². The highest BCUT2D eigenvalue weighted by Crippen LogP contribution is 2.14. The average Bonchev–Trinajstić information content (AvgIpc) is 2.78. The van der Waals surface area contributed by atoms with Crippen LogP contribution in [-0.2, 0) is 6.42 Å². The van der Waals surface area contributed by atoms with Crippen LogP contribution in [0.4, 0.5) is 5.95 Å². The number of hydrogen-bond acceptors (Lipinski definition) is 5. The molecule has 23 heavy (non-hydrogen) atoms. The molecule has 124 valence electrons. The molecule has 1 saturated heterocycles. The maximum Gasteiger partial charge on any atom is 0.225 e. The fourth-order valence-electron chi connectivity index (χ4n) is 3.27. The number of aryl methyl sites for hydroxylation is 2. The summed E-state index contributed by atoms with van der Waals surface area (Å²) < 4.78 is 0. The van der Waals surface area contributed by atoms with E-state index in [9.17, 15) is 0 Å². The van der Waals surface area contributed by atoms with Gasteiger partial charge in [-0.25, -0.2) is 9.97 Å². The van der Waals surface area contributed by atoms with E-state index in [-0.39, 0.29) is 0 Å². The van der Waals surface area contributed by atoms with E-state index in [1.165, 1.54) is 24.1 Å². The minimum absolute atomic E-state index is 0.860. The van der Waals surface area contributed by atoms with E-state index in [1.807, 2.05) is 18.5 Å². The highest BCUT2D eigenvalue weighted by atomic mass is 15.3. The molecular formula is C17H26N6. The topological polar surface area (TPSA) is 60.9 Å². The van der Waals surface area contributed by atoms with E-state index >= 15 is 0 Å². The van der Waals surface area contributed by atoms with E-state index < -0.39 is 0 Å². The Hall–Kier alpha value is -1.95. The number of H-pyrrole nitrogens is 1. The van der Waals surface area contributed by atoms with Gasteiger partial charge >= 0.3 is 0 Å². The molecule has 1 aliphatic heterocycles. The van der Waals surface area contributed by atoms with Crippen LogP contribution in [0.25, 0.3) is 0 Å². The van der Waals surface area contributed by atoms with Gasteiger partial charge < -0.3 is 9.80 Å². The van der Waals surface area contributed by atoms with Gasteiger partial charge in [-0.15, -0.1) is 0 Å². The molecule has 3 heterocycles. The van der Waals surface area contributed by atoms with Crippen LogP contribution in [-0.4, -0.2) is 57.8 Å². The third-order valence-electron chi connectivity index (χ3n) is 4.61. The van der Waals surface area contributed by atoms with Crippen LogP contribution in [0, 0.1) is 13.8 Å². The molecule has 0 saturated carbocycles. The number of hydrogen-bond donors (Lipinski definition) is 1. The first-order chi connectivity index (χ1) is 11.2. The third-order valence-corrected chi connectivity index (χ3v) is 4.61. The lowest BCUT2D eigenvalue weighted by Gasteiger charge is -2.21. The third kappa shape index (κ3) is 4.07. The fourth-order valence-corrected chi connectivity index (χ4v) is 3.27. The Balaban J connectivity index is 1.47. The monoisotopic (exact) mass is 314 g/mol. The van der Waals surface area contributed by atoms with Gasteiger partial charge in [-0.05, 0) is 57.8 Å². The minimum atomic E-state index is 0.860. The van der Waals surface area contributed by atoms with Crippen molar-refractivity contribution in [1.82, 2.24) is 25.1 Å². The lowest BCUT2D eigenvalue weighted by molar-refractivity contribution is 0.290. The number of nitrogens with one attached hydrogen (secondary N) is 1. The second kappa shape index (κ2) is 7.55. The van der Waals surface area contributed by atoms with Crippen molar-refractivity contribution >= 4 is 5.95 Å². The van der Waals surface area contributed by atoms with Crippen molar-refractivity contribution in [2.75, 3.05) is 37.6 Å². The molecule has 0 aromatic carbocycles. The van der Waals surface area contributed by atoms with E-state index in [0.29, 0.717) is 0 Å². The van der Waals surface area contributed by atoms with Crippen molar-refractivity contribution in [2.24, 2.45) is 0 Å². The predicted octanol–water partition coefficient (Wildman–Crippen LogP) is 1.96. The van der Waals surface area contributed by atoms with Crippen LogP contribution in [0.5, 0.6) is 0 Å². The highest BCUT2D eigenvalue weighted by molar-refractivity contribution is 5.28. The van der Waals surface area contributed by atoms with Crippen LogP contribution in [0.2, 0.25) is 0 Å². The van der Waals surface area contributed by atoms with Crippen LogP contribution in [0.1, 0.15) is 29.8 Å². The fraction of sp³-hybridized carbons (Fsp3) is 0.588. The largest absolute Gasteiger partial charge is 0.339 e. The molecule has 0 bridgehead atoms. The van der Waals surface area contributed by atoms with Crippen molar-refractivity contribution in [3.05, 3.63) is 35.4 Å². The van der Waals surface area contributed by atoms with Gasteiger partial charge in [0.1, 0.15) is 0 Å². The van der Waals surface area contributed by atoms with E-state index in [2.05, 4.69) is 43.8 Å². The van der Waals surface area contributed by atoms with E-state index in [4.69, 9.17) is 0 Å². The van der Waals surface area contributed by atoms with Crippen LogP contribution >= 0.6 is 0 Å². The van der Waals surface area contributed by atoms with Gasteiger partial charge in [-0.1, -0.05) is 0 Å². The molecule has 1 fully saturated rings. The molecule has 6 nitrogen and oxygen atoms in total. The summed E-state index contributed by atoms with van der Waals surface area (Å²) in [6.07, 6.45) is 7.10. The van der Waals surface area contributed by atoms with E-state index in [0.717, 1.165) is 50.8 Å². The number of rotatable bonds is 5. The Morgan fingerprint density at radius 2 is 1.91 bits per heavy atom. The van der Waals surface area contributed by atoms with Gasteiger partial charge in [0.25, 0.3) is 0 Å². The maximum atomic E-state index is 4.37. The zero-order valence-corrected chi connectivity index (χ0v) is 14.1. The van der Waals surface area contributed by atoms with Gasteiger partial charge in [0, 0.05) is 37.7 Å². The summed E-state index contributed by atoms with van der Waals surface area (Å²) in [5.41, 5.74) is 3.75. The van der Waals surface area contributed by atoms with Crippen LogP contribution in [0.15, 0.2) is 18.5 Å². The normalized spacial score (nSPS) is 16.5. The number of anilines is 1. The van der Waals surface area contributed by atoms with Crippen molar-refractivity contribution in [1.29, 1.82) is 0 Å². The smallest absolute Gasteiger partial charge is 0.225 e. The molecule has 0 spiro atoms. The predicted molar refractivity (Wildman–Crippen MR) is 91.7 cm³/mol. The zero-order valence-electron chi connectivity index (χ0n) is 14.1. The number of aromatic nitrogens is 4. The lowest BCUT2D eigenvalue weighted by Crippen LogP contribution is -2.32. The van der Waals surface area contributed by atoms with E-state index in [1.54, 1.807) is 0 Å². The Morgan fingerprint density at radius 3 is 2.65 bits per heavy atom. The van der Waals surface area contributed by atoms with Gasteiger partial charge in [0.2, 0.25) is 5.95 Å². The standard InChI is InChI=1S/C17H26N6/c1-14-16(15(2)21-20-14)6-3-9-22-10-5-11-23(13-12-22)17-18-7-4-8-19-17/h4,7-8H,3,5-6,9-13H2,1-2H3,(H,20,21). The van der Waals surface area contributed by atoms with Crippen molar-refractivity contribution in [3.63, 3.8) is 0 Å². The molecule has 1 N–H and O–H groups in total. The summed E-state index contributed by atoms with van der Waals surface area (Å²) in [6.45, 7) is 9.64. The van der Waals surface area contributed by atoms with Crippen molar-refractivity contribution in [2.45, 2.75) is 33.1 Å². The zero-order chi connectivity index (χ0) is 16.1. The molecule has 0 amide bonds. The molecule has 0 aliphatic carbocycles. The molecule has 0 atom stereocenters. The van der Waals surface area contributed by atoms with Gasteiger partial charge in [0.15, 0.2) is 0 Å². The lowest BCUT2D eigenvalue weighted by atomic mass is 10.1. The summed E-state index contributed by atoms with van der Waals surface area (Å²) >= 11 is 0. The first-order valence-electron chi connectivity index (χ1n) is 8.49. The summed E-state index contributed by atoms with van der Waals surface area (Å²) in [5.74, 6) is 0.860. The SMILES string of the molecule is Cc1n[nH]c(C)c1CCCN1CCCN(c2ncccn2)CC1. The maximum absolute atomic E-state index is 4.37. The summed E-state index contributed by atoms with van der Waals surface area (Å²) in [4.78, 5) is 13.6. The second-order valence-electron chi connectivity index (χ2n) is 6.25. The molecular weight excluding hydrogens is 288 g/mol. The Bertz CT molecular complexity index is 589. The molecule has 6 heteroatoms. The second-order valence-corrected chi connectivity index (χ2v) is 6.25. The molecule has 0 radical (unpaired) electrons. The summed E-state index contributed by atoms with van der Waals surface area (Å²) in [6, 6.07) is 1.87. The number of nitrogens with zero attached hydrogens (tertiary/aromatic N) is 5. The first kappa shape index (κ1) is 15.9. The molecule has 2 aromatic heterocycles. The first-order valence-corrected chi connectivity index (χ1v) is 8.49. The Labute approximate surface area is 137 Å². The van der Waals surface area contributed by atoms with Gasteiger partial charge in [-0.2, -0.15) is 5.10 Å². The molecule has 3 rings (SSSR count). The van der Waals surface area contributed by atoms with Crippen LogP contribution in [0.3, 0.4) is 0 Å². The quantitative estimate of drug-likeness (QED) is 0.914.